The first-order chi connectivity index (χ1) is 13.8. The van der Waals surface area contributed by atoms with Gasteiger partial charge in [0, 0.05) is 31.9 Å². The van der Waals surface area contributed by atoms with Crippen molar-refractivity contribution < 1.29 is 4.79 Å². The van der Waals surface area contributed by atoms with Crippen molar-refractivity contribution in [3.63, 3.8) is 0 Å². The fraction of sp³-hybridized carbons (Fsp3) is 0.478. The van der Waals surface area contributed by atoms with E-state index in [0.29, 0.717) is 0 Å². The lowest BCUT2D eigenvalue weighted by molar-refractivity contribution is 0.0733. The largest absolute Gasteiger partial charge is 0.373 e. The van der Waals surface area contributed by atoms with E-state index in [4.69, 9.17) is 0 Å². The second kappa shape index (κ2) is 8.74. The maximum atomic E-state index is 13.5. The number of hydrogen-bond acceptors (Lipinski definition) is 4. The van der Waals surface area contributed by atoms with Crippen LogP contribution in [0.25, 0.3) is 0 Å². The van der Waals surface area contributed by atoms with Gasteiger partial charge in [-0.2, -0.15) is 0 Å². The van der Waals surface area contributed by atoms with E-state index in [-0.39, 0.29) is 11.9 Å². The van der Waals surface area contributed by atoms with Gasteiger partial charge in [-0.1, -0.05) is 24.6 Å². The molecule has 2 saturated heterocycles. The number of carbonyl (C=O) groups is 1. The van der Waals surface area contributed by atoms with Crippen LogP contribution in [0.15, 0.2) is 42.6 Å². The Morgan fingerprint density at radius 3 is 2.75 bits per heavy atom. The molecular weight excluding hydrogens is 348 g/mol. The SMILES string of the molecule is CNc1cc([C@H]2CCCN2C(=O)c2ccccc2CN2CCCCC2)ccn1. The number of rotatable bonds is 5. The number of benzene rings is 1. The highest BCUT2D eigenvalue weighted by Gasteiger charge is 2.32. The van der Waals surface area contributed by atoms with Gasteiger partial charge in [0.15, 0.2) is 0 Å². The Morgan fingerprint density at radius 1 is 1.11 bits per heavy atom. The summed E-state index contributed by atoms with van der Waals surface area (Å²) in [6, 6.07) is 12.4. The number of nitrogens with one attached hydrogen (secondary N) is 1. The van der Waals surface area contributed by atoms with Crippen molar-refractivity contribution in [1.82, 2.24) is 14.8 Å². The number of nitrogens with zero attached hydrogens (tertiary/aromatic N) is 3. The topological polar surface area (TPSA) is 48.5 Å². The van der Waals surface area contributed by atoms with Crippen LogP contribution < -0.4 is 5.32 Å². The van der Waals surface area contributed by atoms with Crippen LogP contribution in [0.1, 0.15) is 59.6 Å². The molecule has 0 aliphatic carbocycles. The van der Waals surface area contributed by atoms with E-state index in [1.54, 1.807) is 0 Å². The van der Waals surface area contributed by atoms with Gasteiger partial charge in [0.05, 0.1) is 6.04 Å². The molecule has 1 aromatic heterocycles. The number of hydrogen-bond donors (Lipinski definition) is 1. The summed E-state index contributed by atoms with van der Waals surface area (Å²) in [6.45, 7) is 3.97. The molecule has 4 rings (SSSR count). The van der Waals surface area contributed by atoms with Crippen molar-refractivity contribution in [3.8, 4) is 0 Å². The molecule has 1 atom stereocenters. The van der Waals surface area contributed by atoms with E-state index < -0.39 is 0 Å². The standard InChI is InChI=1S/C23H30N4O/c1-24-22-16-18(11-12-25-22)21-10-7-15-27(21)23(28)20-9-4-3-8-19(20)17-26-13-5-2-6-14-26/h3-4,8-9,11-12,16,21H,2,5-7,10,13-15,17H2,1H3,(H,24,25)/t21-/m1/s1. The second-order valence-corrected chi connectivity index (χ2v) is 7.87. The van der Waals surface area contributed by atoms with Gasteiger partial charge in [0.1, 0.15) is 5.82 Å². The molecule has 0 radical (unpaired) electrons. The number of aromatic nitrogens is 1. The molecule has 0 bridgehead atoms. The fourth-order valence-electron chi connectivity index (χ4n) is 4.53. The molecule has 28 heavy (non-hydrogen) atoms. The summed E-state index contributed by atoms with van der Waals surface area (Å²) < 4.78 is 0. The molecule has 1 amide bonds. The molecule has 3 heterocycles. The third-order valence-electron chi connectivity index (χ3n) is 6.03. The smallest absolute Gasteiger partial charge is 0.254 e. The molecule has 2 aromatic rings. The summed E-state index contributed by atoms with van der Waals surface area (Å²) in [5.41, 5.74) is 3.19. The van der Waals surface area contributed by atoms with Crippen molar-refractivity contribution >= 4 is 11.7 Å². The predicted octanol–water partition coefficient (Wildman–Crippen LogP) is 4.09. The van der Waals surface area contributed by atoms with E-state index in [9.17, 15) is 4.79 Å². The Kier molecular flexibility index (Phi) is 5.91. The summed E-state index contributed by atoms with van der Waals surface area (Å²) in [4.78, 5) is 22.4. The van der Waals surface area contributed by atoms with Crippen LogP contribution in [0.4, 0.5) is 5.82 Å². The maximum Gasteiger partial charge on any atom is 0.254 e. The zero-order chi connectivity index (χ0) is 19.3. The lowest BCUT2D eigenvalue weighted by Gasteiger charge is -2.29. The van der Waals surface area contributed by atoms with E-state index in [2.05, 4.69) is 38.3 Å². The fourth-order valence-corrected chi connectivity index (χ4v) is 4.53. The van der Waals surface area contributed by atoms with Crippen LogP contribution in [-0.2, 0) is 6.54 Å². The first-order valence-electron chi connectivity index (χ1n) is 10.5. The van der Waals surface area contributed by atoms with Crippen LogP contribution in [-0.4, -0.2) is 47.4 Å². The third kappa shape index (κ3) is 4.04. The van der Waals surface area contributed by atoms with Gasteiger partial charge in [-0.15, -0.1) is 0 Å². The van der Waals surface area contributed by atoms with Gasteiger partial charge in [-0.3, -0.25) is 9.69 Å². The summed E-state index contributed by atoms with van der Waals surface area (Å²) in [6.07, 6.45) is 7.73. The quantitative estimate of drug-likeness (QED) is 0.851. The average molecular weight is 379 g/mol. The van der Waals surface area contributed by atoms with E-state index in [1.807, 2.05) is 31.4 Å². The van der Waals surface area contributed by atoms with Gasteiger partial charge >= 0.3 is 0 Å². The summed E-state index contributed by atoms with van der Waals surface area (Å²) >= 11 is 0. The molecule has 5 nitrogen and oxygen atoms in total. The molecule has 1 aromatic carbocycles. The van der Waals surface area contributed by atoms with Crippen LogP contribution in [0, 0.1) is 0 Å². The average Bonchev–Trinajstić information content (AvgIpc) is 3.24. The molecule has 5 heteroatoms. The van der Waals surface area contributed by atoms with Crippen LogP contribution in [0.3, 0.4) is 0 Å². The molecule has 0 saturated carbocycles. The van der Waals surface area contributed by atoms with Crippen molar-refractivity contribution in [2.45, 2.75) is 44.7 Å². The van der Waals surface area contributed by atoms with Crippen LogP contribution >= 0.6 is 0 Å². The maximum absolute atomic E-state index is 13.5. The first-order valence-corrected chi connectivity index (χ1v) is 10.5. The highest BCUT2D eigenvalue weighted by atomic mass is 16.2. The van der Waals surface area contributed by atoms with Crippen molar-refractivity contribution in [2.75, 3.05) is 32.0 Å². The van der Waals surface area contributed by atoms with Crippen molar-refractivity contribution in [1.29, 1.82) is 0 Å². The van der Waals surface area contributed by atoms with Crippen molar-refractivity contribution in [3.05, 3.63) is 59.3 Å². The molecule has 0 unspecified atom stereocenters. The number of carbonyl (C=O) groups excluding carboxylic acids is 1. The molecule has 2 aliphatic heterocycles. The minimum Gasteiger partial charge on any atom is -0.373 e. The van der Waals surface area contributed by atoms with Crippen molar-refractivity contribution in [2.24, 2.45) is 0 Å². The zero-order valence-corrected chi connectivity index (χ0v) is 16.7. The normalized spacial score (nSPS) is 20.3. The predicted molar refractivity (Wildman–Crippen MR) is 112 cm³/mol. The van der Waals surface area contributed by atoms with Gasteiger partial charge in [-0.05, 0) is 68.1 Å². The Hall–Kier alpha value is -2.40. The molecule has 1 N–H and O–H groups in total. The molecule has 148 valence electrons. The van der Waals surface area contributed by atoms with E-state index in [1.165, 1.54) is 24.8 Å². The zero-order valence-electron chi connectivity index (χ0n) is 16.7. The highest BCUT2D eigenvalue weighted by molar-refractivity contribution is 5.96. The Morgan fingerprint density at radius 2 is 1.93 bits per heavy atom. The molecular formula is C23H30N4O. The minimum absolute atomic E-state index is 0.130. The lowest BCUT2D eigenvalue weighted by Crippen LogP contribution is -2.33. The summed E-state index contributed by atoms with van der Waals surface area (Å²) in [5, 5.41) is 3.10. The summed E-state index contributed by atoms with van der Waals surface area (Å²) in [7, 11) is 1.88. The monoisotopic (exact) mass is 378 g/mol. The number of amides is 1. The number of pyridine rings is 1. The Labute approximate surface area is 167 Å². The second-order valence-electron chi connectivity index (χ2n) is 7.87. The van der Waals surface area contributed by atoms with Gasteiger partial charge in [-0.25, -0.2) is 4.98 Å². The molecule has 2 fully saturated rings. The van der Waals surface area contributed by atoms with Gasteiger partial charge in [0.2, 0.25) is 0 Å². The van der Waals surface area contributed by atoms with Gasteiger partial charge in [0.25, 0.3) is 5.91 Å². The van der Waals surface area contributed by atoms with E-state index in [0.717, 1.165) is 56.0 Å². The highest BCUT2D eigenvalue weighted by Crippen LogP contribution is 2.34. The third-order valence-corrected chi connectivity index (χ3v) is 6.03. The minimum atomic E-state index is 0.130. The first kappa shape index (κ1) is 18.9. The Bertz CT molecular complexity index is 816. The Balaban J connectivity index is 1.56. The van der Waals surface area contributed by atoms with Gasteiger partial charge < -0.3 is 10.2 Å². The number of likely N-dealkylation sites (tertiary alicyclic amines) is 2. The number of piperidine rings is 1. The van der Waals surface area contributed by atoms with Crippen LogP contribution in [0.5, 0.6) is 0 Å². The van der Waals surface area contributed by atoms with E-state index >= 15 is 0 Å². The van der Waals surface area contributed by atoms with Crippen LogP contribution in [0.2, 0.25) is 0 Å². The molecule has 0 spiro atoms. The number of anilines is 1. The molecule has 2 aliphatic rings. The lowest BCUT2D eigenvalue weighted by atomic mass is 10.0. The summed E-state index contributed by atoms with van der Waals surface area (Å²) in [5.74, 6) is 1.01.